The Labute approximate surface area is 177 Å². The maximum atomic E-state index is 13.3. The third-order valence-corrected chi connectivity index (χ3v) is 5.37. The molecule has 0 fully saturated rings. The predicted octanol–water partition coefficient (Wildman–Crippen LogP) is 7.64. The molecule has 4 aromatic carbocycles. The number of hydrogen-bond acceptors (Lipinski definition) is 2. The summed E-state index contributed by atoms with van der Waals surface area (Å²) in [6, 6.07) is 13.7. The molecule has 0 unspecified atom stereocenters. The first-order chi connectivity index (χ1) is 15.1. The van der Waals surface area contributed by atoms with Gasteiger partial charge in [0.1, 0.15) is 0 Å². The molecular weight excluding hydrogens is 430 g/mol. The van der Waals surface area contributed by atoms with E-state index >= 15 is 0 Å². The van der Waals surface area contributed by atoms with Crippen LogP contribution in [0.25, 0.3) is 43.7 Å². The highest BCUT2D eigenvalue weighted by Gasteiger charge is 2.37. The Bertz CT molecular complexity index is 1440. The second-order valence-corrected chi connectivity index (χ2v) is 7.35. The van der Waals surface area contributed by atoms with Gasteiger partial charge in [-0.1, -0.05) is 36.4 Å². The molecule has 0 N–H and O–H groups in total. The van der Waals surface area contributed by atoms with Crippen molar-refractivity contribution in [2.24, 2.45) is 0 Å². The fourth-order valence-electron chi connectivity index (χ4n) is 3.93. The lowest BCUT2D eigenvalue weighted by Gasteiger charge is -2.15. The van der Waals surface area contributed by atoms with Gasteiger partial charge in [0, 0.05) is 23.2 Å². The maximum Gasteiger partial charge on any atom is 0.416 e. The minimum absolute atomic E-state index is 0.128. The van der Waals surface area contributed by atoms with Crippen LogP contribution in [0.5, 0.6) is 0 Å². The van der Waals surface area contributed by atoms with Crippen molar-refractivity contribution in [2.45, 2.75) is 12.4 Å². The molecule has 0 atom stereocenters. The van der Waals surface area contributed by atoms with Gasteiger partial charge in [0.15, 0.2) is 0 Å². The quantitative estimate of drug-likeness (QED) is 0.197. The Morgan fingerprint density at radius 2 is 1.03 bits per heavy atom. The standard InChI is InChI=1S/C24H12F6N2/c25-23(26,27)15-9-14(10-16(12-15)24(28,29)30)13-5-6-19-20(11-13)17-3-1-2-4-18(17)21-22(19)32-8-7-31-21/h1-12H. The summed E-state index contributed by atoms with van der Waals surface area (Å²) < 4.78 is 79.8. The number of halogens is 6. The van der Waals surface area contributed by atoms with Crippen LogP contribution >= 0.6 is 0 Å². The van der Waals surface area contributed by atoms with E-state index in [0.29, 0.717) is 21.8 Å². The van der Waals surface area contributed by atoms with E-state index in [2.05, 4.69) is 9.97 Å². The van der Waals surface area contributed by atoms with Gasteiger partial charge < -0.3 is 0 Å². The Morgan fingerprint density at radius 1 is 0.500 bits per heavy atom. The van der Waals surface area contributed by atoms with Crippen molar-refractivity contribution >= 4 is 32.6 Å². The molecule has 0 aliphatic rings. The number of hydrogen-bond donors (Lipinski definition) is 0. The predicted molar refractivity (Wildman–Crippen MR) is 110 cm³/mol. The second kappa shape index (κ2) is 6.91. The fraction of sp³-hybridized carbons (Fsp3) is 0.0833. The highest BCUT2D eigenvalue weighted by Crippen LogP contribution is 2.40. The molecule has 32 heavy (non-hydrogen) atoms. The van der Waals surface area contributed by atoms with Gasteiger partial charge in [-0.2, -0.15) is 26.3 Å². The molecule has 0 spiro atoms. The molecule has 160 valence electrons. The SMILES string of the molecule is FC(F)(F)c1cc(-c2ccc3c(c2)c2ccccc2c2nccnc32)cc(C(F)(F)F)c1. The van der Waals surface area contributed by atoms with E-state index in [0.717, 1.165) is 22.9 Å². The first-order valence-electron chi connectivity index (χ1n) is 9.48. The lowest BCUT2D eigenvalue weighted by Crippen LogP contribution is -2.11. The van der Waals surface area contributed by atoms with Gasteiger partial charge in [-0.3, -0.25) is 9.97 Å². The molecule has 1 heterocycles. The Balaban J connectivity index is 1.83. The molecule has 1 aromatic heterocycles. The van der Waals surface area contributed by atoms with E-state index in [1.54, 1.807) is 18.3 Å². The van der Waals surface area contributed by atoms with Gasteiger partial charge in [0.25, 0.3) is 0 Å². The highest BCUT2D eigenvalue weighted by atomic mass is 19.4. The molecule has 8 heteroatoms. The van der Waals surface area contributed by atoms with Crippen molar-refractivity contribution in [2.75, 3.05) is 0 Å². The van der Waals surface area contributed by atoms with Crippen LogP contribution in [0.1, 0.15) is 11.1 Å². The van der Waals surface area contributed by atoms with E-state index in [-0.39, 0.29) is 17.2 Å². The van der Waals surface area contributed by atoms with Crippen LogP contribution in [0.15, 0.2) is 73.1 Å². The average molecular weight is 442 g/mol. The Morgan fingerprint density at radius 3 is 1.59 bits per heavy atom. The summed E-state index contributed by atoms with van der Waals surface area (Å²) in [4.78, 5) is 8.80. The minimum atomic E-state index is -4.91. The number of benzene rings is 4. The number of fused-ring (bicyclic) bond motifs is 6. The lowest BCUT2D eigenvalue weighted by atomic mass is 9.94. The van der Waals surface area contributed by atoms with Crippen molar-refractivity contribution in [3.63, 3.8) is 0 Å². The molecular formula is C24H12F6N2. The molecule has 0 saturated heterocycles. The van der Waals surface area contributed by atoms with Gasteiger partial charge in [-0.15, -0.1) is 0 Å². The number of nitrogens with zero attached hydrogens (tertiary/aromatic N) is 2. The molecule has 5 rings (SSSR count). The van der Waals surface area contributed by atoms with Crippen molar-refractivity contribution in [3.8, 4) is 11.1 Å². The normalized spacial score (nSPS) is 12.7. The summed E-state index contributed by atoms with van der Waals surface area (Å²) in [6.45, 7) is 0. The first kappa shape index (κ1) is 20.2. The maximum absolute atomic E-state index is 13.3. The van der Waals surface area contributed by atoms with Crippen molar-refractivity contribution in [1.82, 2.24) is 9.97 Å². The van der Waals surface area contributed by atoms with Gasteiger partial charge in [0.2, 0.25) is 0 Å². The summed E-state index contributed by atoms with van der Waals surface area (Å²) in [7, 11) is 0. The van der Waals surface area contributed by atoms with Crippen LogP contribution in [0.3, 0.4) is 0 Å². The third kappa shape index (κ3) is 3.32. The molecule has 0 amide bonds. The molecule has 0 radical (unpaired) electrons. The van der Waals surface area contributed by atoms with Crippen LogP contribution in [0.4, 0.5) is 26.3 Å². The smallest absolute Gasteiger partial charge is 0.252 e. The van der Waals surface area contributed by atoms with Gasteiger partial charge >= 0.3 is 12.4 Å². The van der Waals surface area contributed by atoms with E-state index in [4.69, 9.17) is 0 Å². The molecule has 0 saturated carbocycles. The molecule has 0 aliphatic carbocycles. The van der Waals surface area contributed by atoms with E-state index in [1.807, 2.05) is 24.3 Å². The first-order valence-corrected chi connectivity index (χ1v) is 9.48. The number of rotatable bonds is 1. The zero-order valence-electron chi connectivity index (χ0n) is 16.1. The minimum Gasteiger partial charge on any atom is -0.252 e. The van der Waals surface area contributed by atoms with Crippen molar-refractivity contribution < 1.29 is 26.3 Å². The summed E-state index contributed by atoms with van der Waals surface area (Å²) in [5.41, 5.74) is -1.36. The van der Waals surface area contributed by atoms with Crippen LogP contribution in [0, 0.1) is 0 Å². The van der Waals surface area contributed by atoms with Crippen molar-refractivity contribution in [3.05, 3.63) is 84.2 Å². The summed E-state index contributed by atoms with van der Waals surface area (Å²) >= 11 is 0. The lowest BCUT2D eigenvalue weighted by molar-refractivity contribution is -0.143. The van der Waals surface area contributed by atoms with Crippen LogP contribution in [0.2, 0.25) is 0 Å². The zero-order valence-corrected chi connectivity index (χ0v) is 16.1. The number of aromatic nitrogens is 2. The van der Waals surface area contributed by atoms with E-state index < -0.39 is 23.5 Å². The summed E-state index contributed by atoms with van der Waals surface area (Å²) in [6.07, 6.45) is -6.72. The molecule has 5 aromatic rings. The summed E-state index contributed by atoms with van der Waals surface area (Å²) in [5.74, 6) is 0. The molecule has 2 nitrogen and oxygen atoms in total. The highest BCUT2D eigenvalue weighted by molar-refractivity contribution is 6.23. The largest absolute Gasteiger partial charge is 0.416 e. The monoisotopic (exact) mass is 442 g/mol. The number of alkyl halides is 6. The van der Waals surface area contributed by atoms with Crippen molar-refractivity contribution in [1.29, 1.82) is 0 Å². The fourth-order valence-corrected chi connectivity index (χ4v) is 3.93. The van der Waals surface area contributed by atoms with Gasteiger partial charge in [0.05, 0.1) is 22.2 Å². The van der Waals surface area contributed by atoms with E-state index in [9.17, 15) is 26.3 Å². The van der Waals surface area contributed by atoms with Gasteiger partial charge in [-0.25, -0.2) is 0 Å². The van der Waals surface area contributed by atoms with Crippen LogP contribution in [-0.4, -0.2) is 9.97 Å². The summed E-state index contributed by atoms with van der Waals surface area (Å²) in [5, 5.41) is 2.94. The van der Waals surface area contributed by atoms with Crippen LogP contribution < -0.4 is 0 Å². The third-order valence-electron chi connectivity index (χ3n) is 5.37. The molecule has 0 bridgehead atoms. The zero-order chi connectivity index (χ0) is 22.7. The topological polar surface area (TPSA) is 25.8 Å². The molecule has 0 aliphatic heterocycles. The van der Waals surface area contributed by atoms with Crippen LogP contribution in [-0.2, 0) is 12.4 Å². The second-order valence-electron chi connectivity index (χ2n) is 7.35. The van der Waals surface area contributed by atoms with E-state index in [1.165, 1.54) is 12.3 Å². The average Bonchev–Trinajstić information content (AvgIpc) is 2.77. The Kier molecular flexibility index (Phi) is 4.37. The Hall–Kier alpha value is -3.68. The van der Waals surface area contributed by atoms with Gasteiger partial charge in [-0.05, 0) is 46.2 Å².